The van der Waals surface area contributed by atoms with Crippen LogP contribution in [0.2, 0.25) is 0 Å². The lowest BCUT2D eigenvalue weighted by Crippen LogP contribution is -2.39. The van der Waals surface area contributed by atoms with Crippen LogP contribution < -0.4 is 5.32 Å². The second-order valence-corrected chi connectivity index (χ2v) is 7.08. The lowest BCUT2D eigenvalue weighted by molar-refractivity contribution is 0.205. The third kappa shape index (κ3) is 3.30. The van der Waals surface area contributed by atoms with Crippen LogP contribution in [-0.2, 0) is 0 Å². The van der Waals surface area contributed by atoms with Crippen molar-refractivity contribution < 1.29 is 4.79 Å². The van der Waals surface area contributed by atoms with Crippen LogP contribution in [0.15, 0.2) is 72.8 Å². The molecule has 1 saturated heterocycles. The molecule has 1 aliphatic rings. The number of urea groups is 1. The van der Waals surface area contributed by atoms with Gasteiger partial charge in [0.2, 0.25) is 0 Å². The predicted octanol–water partition coefficient (Wildman–Crippen LogP) is 5.10. The van der Waals surface area contributed by atoms with E-state index >= 15 is 0 Å². The fraction of sp³-hybridized carbons (Fsp3) is 0.261. The Morgan fingerprint density at radius 3 is 2.58 bits per heavy atom. The number of hydrogen-bond acceptors (Lipinski definition) is 1. The molecule has 0 aliphatic carbocycles. The highest BCUT2D eigenvalue weighted by molar-refractivity contribution is 5.86. The first-order chi connectivity index (χ1) is 12.7. The minimum atomic E-state index is -0.0237. The third-order valence-corrected chi connectivity index (χ3v) is 5.38. The van der Waals surface area contributed by atoms with Gasteiger partial charge in [-0.2, -0.15) is 0 Å². The molecule has 132 valence electrons. The minimum absolute atomic E-state index is 0.0237. The molecule has 3 aromatic carbocycles. The predicted molar refractivity (Wildman–Crippen MR) is 106 cm³/mol. The van der Waals surface area contributed by atoms with E-state index in [4.69, 9.17) is 0 Å². The van der Waals surface area contributed by atoms with E-state index in [1.54, 1.807) is 0 Å². The molecule has 1 N–H and O–H groups in total. The van der Waals surface area contributed by atoms with Gasteiger partial charge < -0.3 is 10.2 Å². The Morgan fingerprint density at radius 1 is 1.00 bits per heavy atom. The van der Waals surface area contributed by atoms with Gasteiger partial charge in [-0.1, -0.05) is 72.8 Å². The molecule has 1 aliphatic heterocycles. The maximum absolute atomic E-state index is 12.8. The Labute approximate surface area is 154 Å². The van der Waals surface area contributed by atoms with E-state index in [0.717, 1.165) is 25.1 Å². The molecule has 3 heteroatoms. The second-order valence-electron chi connectivity index (χ2n) is 7.08. The topological polar surface area (TPSA) is 32.3 Å². The van der Waals surface area contributed by atoms with E-state index in [9.17, 15) is 4.79 Å². The molecule has 26 heavy (non-hydrogen) atoms. The van der Waals surface area contributed by atoms with Crippen LogP contribution in [0.5, 0.6) is 0 Å². The highest BCUT2D eigenvalue weighted by atomic mass is 16.2. The van der Waals surface area contributed by atoms with Crippen molar-refractivity contribution in [2.75, 3.05) is 13.1 Å². The smallest absolute Gasteiger partial charge is 0.317 e. The van der Waals surface area contributed by atoms with Gasteiger partial charge in [-0.25, -0.2) is 4.79 Å². The average molecular weight is 344 g/mol. The fourth-order valence-electron chi connectivity index (χ4n) is 3.92. The SMILES string of the molecule is C[C@@H](NC(=O)N1CC[C@H](c2ccccc2)C1)c1cccc2ccccc12. The zero-order valence-corrected chi connectivity index (χ0v) is 15.1. The quantitative estimate of drug-likeness (QED) is 0.704. The minimum Gasteiger partial charge on any atom is -0.331 e. The lowest BCUT2D eigenvalue weighted by Gasteiger charge is -2.22. The molecular formula is C23H24N2O. The average Bonchev–Trinajstić information content (AvgIpc) is 3.18. The number of nitrogens with zero attached hydrogens (tertiary/aromatic N) is 1. The number of benzene rings is 3. The number of hydrogen-bond donors (Lipinski definition) is 1. The van der Waals surface area contributed by atoms with Gasteiger partial charge in [0.05, 0.1) is 6.04 Å². The standard InChI is InChI=1S/C23H24N2O/c1-17(21-13-7-11-19-10-5-6-12-22(19)21)24-23(26)25-15-14-20(16-25)18-8-3-2-4-9-18/h2-13,17,20H,14-16H2,1H3,(H,24,26)/t17-,20+/m1/s1. The van der Waals surface area contributed by atoms with Gasteiger partial charge in [0, 0.05) is 19.0 Å². The van der Waals surface area contributed by atoms with Crippen LogP contribution in [0.25, 0.3) is 10.8 Å². The van der Waals surface area contributed by atoms with E-state index in [0.29, 0.717) is 5.92 Å². The van der Waals surface area contributed by atoms with Crippen molar-refractivity contribution in [1.82, 2.24) is 10.2 Å². The van der Waals surface area contributed by atoms with Crippen LogP contribution in [0.4, 0.5) is 4.79 Å². The molecule has 3 nitrogen and oxygen atoms in total. The summed E-state index contributed by atoms with van der Waals surface area (Å²) in [5.74, 6) is 0.440. The highest BCUT2D eigenvalue weighted by Crippen LogP contribution is 2.28. The summed E-state index contributed by atoms with van der Waals surface area (Å²) in [6, 6.07) is 25.1. The zero-order valence-electron chi connectivity index (χ0n) is 15.1. The second kappa shape index (κ2) is 7.20. The third-order valence-electron chi connectivity index (χ3n) is 5.38. The summed E-state index contributed by atoms with van der Waals surface area (Å²) in [6.07, 6.45) is 1.03. The molecular weight excluding hydrogens is 320 g/mol. The summed E-state index contributed by atoms with van der Waals surface area (Å²) in [4.78, 5) is 14.7. The fourth-order valence-corrected chi connectivity index (χ4v) is 3.92. The van der Waals surface area contributed by atoms with Crippen LogP contribution in [0.3, 0.4) is 0 Å². The molecule has 0 aromatic heterocycles. The summed E-state index contributed by atoms with van der Waals surface area (Å²) in [6.45, 7) is 3.66. The summed E-state index contributed by atoms with van der Waals surface area (Å²) in [5.41, 5.74) is 2.49. The number of carbonyl (C=O) groups is 1. The summed E-state index contributed by atoms with van der Waals surface area (Å²) in [5, 5.41) is 5.59. The van der Waals surface area contributed by atoms with E-state index < -0.39 is 0 Å². The normalized spacial score (nSPS) is 18.0. The summed E-state index contributed by atoms with van der Waals surface area (Å²) in [7, 11) is 0. The van der Waals surface area contributed by atoms with Crippen molar-refractivity contribution in [3.63, 3.8) is 0 Å². The number of rotatable bonds is 3. The first kappa shape index (κ1) is 16.6. The molecule has 1 fully saturated rings. The molecule has 0 radical (unpaired) electrons. The monoisotopic (exact) mass is 344 g/mol. The maximum Gasteiger partial charge on any atom is 0.317 e. The van der Waals surface area contributed by atoms with Crippen LogP contribution in [0.1, 0.15) is 36.4 Å². The lowest BCUT2D eigenvalue weighted by atomic mass is 9.99. The molecule has 2 atom stereocenters. The van der Waals surface area contributed by atoms with E-state index in [-0.39, 0.29) is 12.1 Å². The molecule has 0 unspecified atom stereocenters. The molecule has 2 amide bonds. The largest absolute Gasteiger partial charge is 0.331 e. The zero-order chi connectivity index (χ0) is 17.9. The van der Waals surface area contributed by atoms with Gasteiger partial charge in [0.25, 0.3) is 0 Å². The molecule has 0 bridgehead atoms. The maximum atomic E-state index is 12.8. The van der Waals surface area contributed by atoms with Crippen molar-refractivity contribution in [3.05, 3.63) is 83.9 Å². The Kier molecular flexibility index (Phi) is 4.61. The van der Waals surface area contributed by atoms with Crippen LogP contribution in [0, 0.1) is 0 Å². The van der Waals surface area contributed by atoms with Crippen molar-refractivity contribution in [2.45, 2.75) is 25.3 Å². The number of likely N-dealkylation sites (tertiary alicyclic amines) is 1. The van der Waals surface area contributed by atoms with Gasteiger partial charge in [0.1, 0.15) is 0 Å². The number of nitrogens with one attached hydrogen (secondary N) is 1. The summed E-state index contributed by atoms with van der Waals surface area (Å²) < 4.78 is 0. The van der Waals surface area contributed by atoms with Gasteiger partial charge in [-0.05, 0) is 35.2 Å². The first-order valence-electron chi connectivity index (χ1n) is 9.30. The van der Waals surface area contributed by atoms with E-state index in [1.807, 2.05) is 23.1 Å². The van der Waals surface area contributed by atoms with Crippen molar-refractivity contribution >= 4 is 16.8 Å². The molecule has 1 heterocycles. The first-order valence-corrected chi connectivity index (χ1v) is 9.30. The molecule has 3 aromatic rings. The van der Waals surface area contributed by atoms with Gasteiger partial charge >= 0.3 is 6.03 Å². The van der Waals surface area contributed by atoms with Crippen LogP contribution >= 0.6 is 0 Å². The Balaban J connectivity index is 1.45. The Morgan fingerprint density at radius 2 is 1.73 bits per heavy atom. The van der Waals surface area contributed by atoms with E-state index in [1.165, 1.54) is 16.3 Å². The van der Waals surface area contributed by atoms with Crippen molar-refractivity contribution in [1.29, 1.82) is 0 Å². The van der Waals surface area contributed by atoms with E-state index in [2.05, 4.69) is 66.8 Å². The number of fused-ring (bicyclic) bond motifs is 1. The molecule has 0 saturated carbocycles. The van der Waals surface area contributed by atoms with Crippen molar-refractivity contribution in [2.24, 2.45) is 0 Å². The molecule has 4 rings (SSSR count). The Hall–Kier alpha value is -2.81. The molecule has 0 spiro atoms. The van der Waals surface area contributed by atoms with Crippen LogP contribution in [-0.4, -0.2) is 24.0 Å². The van der Waals surface area contributed by atoms with Gasteiger partial charge in [0.15, 0.2) is 0 Å². The van der Waals surface area contributed by atoms with Crippen molar-refractivity contribution in [3.8, 4) is 0 Å². The van der Waals surface area contributed by atoms with Gasteiger partial charge in [-0.3, -0.25) is 0 Å². The number of carbonyl (C=O) groups excluding carboxylic acids is 1. The summed E-state index contributed by atoms with van der Waals surface area (Å²) >= 11 is 0. The Bertz CT molecular complexity index is 901. The number of amides is 2. The highest BCUT2D eigenvalue weighted by Gasteiger charge is 2.28. The van der Waals surface area contributed by atoms with Gasteiger partial charge in [-0.15, -0.1) is 0 Å².